The lowest BCUT2D eigenvalue weighted by molar-refractivity contribution is 0.127. The Balaban J connectivity index is 1.95. The predicted octanol–water partition coefficient (Wildman–Crippen LogP) is 2.01. The Morgan fingerprint density at radius 1 is 1.45 bits per heavy atom. The van der Waals surface area contributed by atoms with Crippen LogP contribution < -0.4 is 5.63 Å². The van der Waals surface area contributed by atoms with Crippen LogP contribution in [0.4, 0.5) is 0 Å². The number of nitrogens with zero attached hydrogens (tertiary/aromatic N) is 1. The first kappa shape index (κ1) is 15.1. The molecule has 0 aliphatic carbocycles. The number of aliphatic hydroxyl groups excluding tert-OH is 1. The first-order valence-corrected chi connectivity index (χ1v) is 7.61. The van der Waals surface area contributed by atoms with Gasteiger partial charge in [0.2, 0.25) is 0 Å². The summed E-state index contributed by atoms with van der Waals surface area (Å²) < 4.78 is 5.26. The minimum absolute atomic E-state index is 0.128. The minimum Gasteiger partial charge on any atom is -0.508 e. The molecule has 1 aromatic carbocycles. The van der Waals surface area contributed by atoms with E-state index in [1.54, 1.807) is 19.1 Å². The van der Waals surface area contributed by atoms with Crippen LogP contribution in [0, 0.1) is 12.8 Å². The highest BCUT2D eigenvalue weighted by molar-refractivity contribution is 5.84. The molecule has 2 unspecified atom stereocenters. The zero-order chi connectivity index (χ0) is 15.9. The number of benzene rings is 1. The van der Waals surface area contributed by atoms with Crippen LogP contribution in [-0.4, -0.2) is 34.3 Å². The molecule has 1 fully saturated rings. The molecule has 2 heterocycles. The third-order valence-corrected chi connectivity index (χ3v) is 4.60. The fourth-order valence-corrected chi connectivity index (χ4v) is 3.19. The van der Waals surface area contributed by atoms with Crippen molar-refractivity contribution in [1.29, 1.82) is 0 Å². The number of hydrogen-bond donors (Lipinski definition) is 2. The third-order valence-electron chi connectivity index (χ3n) is 4.60. The normalized spacial score (nSPS) is 20.6. The highest BCUT2D eigenvalue weighted by Gasteiger charge is 2.26. The molecule has 0 amide bonds. The molecule has 2 aromatic rings. The summed E-state index contributed by atoms with van der Waals surface area (Å²) in [5.41, 5.74) is 1.54. The number of phenolic OH excluding ortho intramolecular Hbond substituents is 1. The standard InChI is InChI=1S/C17H21NO4/c1-10-15(20)4-3-14-13(7-16(21)22-17(10)14)9-18-6-5-12(8-18)11(2)19/h3-4,7,11-12,19-20H,5-6,8-9H2,1-2H3. The van der Waals surface area contributed by atoms with E-state index in [0.29, 0.717) is 17.7 Å². The molecule has 5 heteroatoms. The molecule has 2 atom stereocenters. The van der Waals surface area contributed by atoms with Crippen LogP contribution in [0.2, 0.25) is 0 Å². The van der Waals surface area contributed by atoms with Gasteiger partial charge in [-0.25, -0.2) is 4.79 Å². The number of aromatic hydroxyl groups is 1. The van der Waals surface area contributed by atoms with E-state index in [0.717, 1.165) is 30.5 Å². The van der Waals surface area contributed by atoms with Crippen molar-refractivity contribution in [2.75, 3.05) is 13.1 Å². The van der Waals surface area contributed by atoms with E-state index in [-0.39, 0.29) is 17.8 Å². The van der Waals surface area contributed by atoms with Crippen molar-refractivity contribution in [2.24, 2.45) is 5.92 Å². The molecule has 3 rings (SSSR count). The van der Waals surface area contributed by atoms with E-state index < -0.39 is 5.63 Å². The average molecular weight is 303 g/mol. The smallest absolute Gasteiger partial charge is 0.336 e. The van der Waals surface area contributed by atoms with Gasteiger partial charge in [-0.15, -0.1) is 0 Å². The molecule has 0 spiro atoms. The van der Waals surface area contributed by atoms with Crippen molar-refractivity contribution < 1.29 is 14.6 Å². The van der Waals surface area contributed by atoms with Crippen LogP contribution in [-0.2, 0) is 6.54 Å². The Hall–Kier alpha value is -1.85. The van der Waals surface area contributed by atoms with Crippen molar-refractivity contribution in [2.45, 2.75) is 32.9 Å². The van der Waals surface area contributed by atoms with E-state index in [4.69, 9.17) is 4.42 Å². The first-order valence-electron chi connectivity index (χ1n) is 7.61. The Bertz CT molecular complexity index is 750. The van der Waals surface area contributed by atoms with E-state index in [2.05, 4.69) is 4.90 Å². The summed E-state index contributed by atoms with van der Waals surface area (Å²) in [6, 6.07) is 4.94. The van der Waals surface area contributed by atoms with E-state index in [1.807, 2.05) is 6.92 Å². The molecule has 1 saturated heterocycles. The lowest BCUT2D eigenvalue weighted by atomic mass is 10.0. The van der Waals surface area contributed by atoms with Crippen molar-refractivity contribution in [3.8, 4) is 5.75 Å². The Morgan fingerprint density at radius 2 is 2.23 bits per heavy atom. The van der Waals surface area contributed by atoms with Gasteiger partial charge in [-0.2, -0.15) is 0 Å². The topological polar surface area (TPSA) is 73.9 Å². The van der Waals surface area contributed by atoms with E-state index in [1.165, 1.54) is 6.07 Å². The summed E-state index contributed by atoms with van der Waals surface area (Å²) in [6.45, 7) is 5.96. The molecule has 1 aliphatic rings. The second-order valence-electron chi connectivity index (χ2n) is 6.20. The quantitative estimate of drug-likeness (QED) is 0.849. The monoisotopic (exact) mass is 303 g/mol. The maximum atomic E-state index is 11.8. The zero-order valence-corrected chi connectivity index (χ0v) is 12.9. The van der Waals surface area contributed by atoms with Crippen molar-refractivity contribution in [3.05, 3.63) is 39.7 Å². The van der Waals surface area contributed by atoms with Gasteiger partial charge in [0.1, 0.15) is 11.3 Å². The van der Waals surface area contributed by atoms with Crippen LogP contribution in [0.25, 0.3) is 11.0 Å². The minimum atomic E-state index is -0.400. The molecular formula is C17H21NO4. The molecule has 0 bridgehead atoms. The van der Waals surface area contributed by atoms with Crippen LogP contribution in [0.1, 0.15) is 24.5 Å². The van der Waals surface area contributed by atoms with Crippen molar-refractivity contribution >= 4 is 11.0 Å². The molecule has 0 saturated carbocycles. The lowest BCUT2D eigenvalue weighted by Crippen LogP contribution is -2.24. The maximum Gasteiger partial charge on any atom is 0.336 e. The number of hydrogen-bond acceptors (Lipinski definition) is 5. The zero-order valence-electron chi connectivity index (χ0n) is 12.9. The fraction of sp³-hybridized carbons (Fsp3) is 0.471. The van der Waals surface area contributed by atoms with Gasteiger partial charge in [-0.05, 0) is 50.4 Å². The SMILES string of the molecule is Cc1c(O)ccc2c(CN3CCC(C(C)O)C3)cc(=O)oc12. The summed E-state index contributed by atoms with van der Waals surface area (Å²) in [5.74, 6) is 0.417. The van der Waals surface area contributed by atoms with E-state index >= 15 is 0 Å². The highest BCUT2D eigenvalue weighted by Crippen LogP contribution is 2.29. The van der Waals surface area contributed by atoms with Crippen LogP contribution in [0.15, 0.2) is 27.4 Å². The van der Waals surface area contributed by atoms with Gasteiger partial charge in [0.15, 0.2) is 0 Å². The molecule has 22 heavy (non-hydrogen) atoms. The molecule has 118 valence electrons. The van der Waals surface area contributed by atoms with Gasteiger partial charge in [0, 0.05) is 30.1 Å². The molecule has 2 N–H and O–H groups in total. The summed E-state index contributed by atoms with van der Waals surface area (Å²) in [5, 5.41) is 20.3. The average Bonchev–Trinajstić information content (AvgIpc) is 2.92. The predicted molar refractivity (Wildman–Crippen MR) is 84.0 cm³/mol. The van der Waals surface area contributed by atoms with Crippen LogP contribution in [0.3, 0.4) is 0 Å². The fourth-order valence-electron chi connectivity index (χ4n) is 3.19. The van der Waals surface area contributed by atoms with Crippen molar-refractivity contribution in [3.63, 3.8) is 0 Å². The Kier molecular flexibility index (Phi) is 3.93. The number of rotatable bonds is 3. The van der Waals surface area contributed by atoms with Gasteiger partial charge in [0.05, 0.1) is 6.10 Å². The molecule has 5 nitrogen and oxygen atoms in total. The summed E-state index contributed by atoms with van der Waals surface area (Å²) in [7, 11) is 0. The highest BCUT2D eigenvalue weighted by atomic mass is 16.4. The number of fused-ring (bicyclic) bond motifs is 1. The second kappa shape index (κ2) is 5.74. The summed E-state index contributed by atoms with van der Waals surface area (Å²) in [4.78, 5) is 14.1. The Morgan fingerprint density at radius 3 is 2.91 bits per heavy atom. The van der Waals surface area contributed by atoms with Gasteiger partial charge < -0.3 is 14.6 Å². The van der Waals surface area contributed by atoms with Gasteiger partial charge >= 0.3 is 5.63 Å². The number of aliphatic hydroxyl groups is 1. The molecule has 0 radical (unpaired) electrons. The van der Waals surface area contributed by atoms with Crippen LogP contribution in [0.5, 0.6) is 5.75 Å². The van der Waals surface area contributed by atoms with Gasteiger partial charge in [-0.1, -0.05) is 0 Å². The molecule has 1 aromatic heterocycles. The second-order valence-corrected chi connectivity index (χ2v) is 6.20. The third kappa shape index (κ3) is 2.74. The van der Waals surface area contributed by atoms with Crippen LogP contribution >= 0.6 is 0 Å². The van der Waals surface area contributed by atoms with E-state index in [9.17, 15) is 15.0 Å². The maximum absolute atomic E-state index is 11.8. The summed E-state index contributed by atoms with van der Waals surface area (Å²) >= 11 is 0. The number of aryl methyl sites for hydroxylation is 1. The Labute approximate surface area is 128 Å². The summed E-state index contributed by atoms with van der Waals surface area (Å²) in [6.07, 6.45) is 0.665. The molecular weight excluding hydrogens is 282 g/mol. The number of phenols is 1. The largest absolute Gasteiger partial charge is 0.508 e. The first-order chi connectivity index (χ1) is 10.5. The lowest BCUT2D eigenvalue weighted by Gasteiger charge is -2.18. The van der Waals surface area contributed by atoms with Gasteiger partial charge in [-0.3, -0.25) is 4.90 Å². The van der Waals surface area contributed by atoms with Gasteiger partial charge in [0.25, 0.3) is 0 Å². The molecule has 1 aliphatic heterocycles. The number of likely N-dealkylation sites (tertiary alicyclic amines) is 1. The van der Waals surface area contributed by atoms with Crippen molar-refractivity contribution in [1.82, 2.24) is 4.90 Å².